The molecule has 1 atom stereocenters. The van der Waals surface area contributed by atoms with Crippen LogP contribution in [0, 0.1) is 5.92 Å². The van der Waals surface area contributed by atoms with Crippen LogP contribution in [0.1, 0.15) is 50.9 Å². The van der Waals surface area contributed by atoms with E-state index in [0.717, 1.165) is 12.1 Å². The summed E-state index contributed by atoms with van der Waals surface area (Å²) in [5, 5.41) is 14.9. The number of thioether (sulfide) groups is 1. The van der Waals surface area contributed by atoms with E-state index in [4.69, 9.17) is 4.74 Å². The monoisotopic (exact) mass is 284 g/mol. The van der Waals surface area contributed by atoms with Gasteiger partial charge in [0.05, 0.1) is 19.4 Å². The zero-order valence-corrected chi connectivity index (χ0v) is 12.8. The van der Waals surface area contributed by atoms with Crippen LogP contribution in [0.15, 0.2) is 6.20 Å². The van der Waals surface area contributed by atoms with E-state index in [1.807, 2.05) is 16.4 Å². The van der Waals surface area contributed by atoms with Crippen molar-refractivity contribution < 1.29 is 9.84 Å². The molecule has 2 rings (SSSR count). The smallest absolute Gasteiger partial charge is 0.162 e. The van der Waals surface area contributed by atoms with Gasteiger partial charge in [0.25, 0.3) is 0 Å². The minimum atomic E-state index is -0.479. The van der Waals surface area contributed by atoms with Gasteiger partial charge in [-0.25, -0.2) is 0 Å². The standard InChI is InChI=1S/C14H24N2O2S/c1-10(2)16-14(13(18-3)9-15-16)12(17)8-11-4-6-19-7-5-11/h9-12,17H,4-8H2,1-3H3. The Morgan fingerprint density at radius 2 is 2.16 bits per heavy atom. The zero-order valence-electron chi connectivity index (χ0n) is 12.0. The maximum absolute atomic E-state index is 10.6. The second-order valence-electron chi connectivity index (χ2n) is 5.44. The Bertz CT molecular complexity index is 400. The van der Waals surface area contributed by atoms with Crippen molar-refractivity contribution in [2.75, 3.05) is 18.6 Å². The molecule has 2 heterocycles. The van der Waals surface area contributed by atoms with Gasteiger partial charge in [0.1, 0.15) is 5.69 Å². The Kier molecular flexibility index (Phi) is 5.16. The van der Waals surface area contributed by atoms with Gasteiger partial charge in [0.2, 0.25) is 0 Å². The Labute approximate surface area is 119 Å². The molecule has 0 bridgehead atoms. The summed E-state index contributed by atoms with van der Waals surface area (Å²) >= 11 is 2.02. The van der Waals surface area contributed by atoms with Crippen LogP contribution in [-0.4, -0.2) is 33.5 Å². The predicted octanol–water partition coefficient (Wildman–Crippen LogP) is 3.04. The molecule has 1 aliphatic heterocycles. The van der Waals surface area contributed by atoms with Crippen LogP contribution in [-0.2, 0) is 0 Å². The molecule has 1 aromatic rings. The molecule has 0 spiro atoms. The summed E-state index contributed by atoms with van der Waals surface area (Å²) in [5.41, 5.74) is 0.829. The first kappa shape index (κ1) is 14.7. The second kappa shape index (κ2) is 6.66. The molecule has 1 aromatic heterocycles. The Morgan fingerprint density at radius 1 is 1.47 bits per heavy atom. The lowest BCUT2D eigenvalue weighted by Gasteiger charge is -2.25. The molecule has 0 aliphatic carbocycles. The van der Waals surface area contributed by atoms with Gasteiger partial charge in [-0.15, -0.1) is 0 Å². The van der Waals surface area contributed by atoms with Crippen molar-refractivity contribution in [1.29, 1.82) is 0 Å². The van der Waals surface area contributed by atoms with Crippen molar-refractivity contribution in [3.8, 4) is 5.75 Å². The third-order valence-electron chi connectivity index (χ3n) is 3.72. The summed E-state index contributed by atoms with van der Waals surface area (Å²) < 4.78 is 7.22. The zero-order chi connectivity index (χ0) is 13.8. The van der Waals surface area contributed by atoms with Crippen molar-refractivity contribution in [3.05, 3.63) is 11.9 Å². The molecule has 4 nitrogen and oxygen atoms in total. The van der Waals surface area contributed by atoms with E-state index in [9.17, 15) is 5.11 Å². The van der Waals surface area contributed by atoms with Gasteiger partial charge in [0.15, 0.2) is 5.75 Å². The summed E-state index contributed by atoms with van der Waals surface area (Å²) in [5.74, 6) is 3.76. The number of hydrogen-bond donors (Lipinski definition) is 1. The normalized spacial score (nSPS) is 18.8. The molecule has 108 valence electrons. The third kappa shape index (κ3) is 3.45. The van der Waals surface area contributed by atoms with Gasteiger partial charge in [-0.3, -0.25) is 4.68 Å². The Hall–Kier alpha value is -0.680. The number of aliphatic hydroxyl groups excluding tert-OH is 1. The summed E-state index contributed by atoms with van der Waals surface area (Å²) in [6, 6.07) is 0.232. The van der Waals surface area contributed by atoms with Crippen LogP contribution < -0.4 is 4.74 Å². The summed E-state index contributed by atoms with van der Waals surface area (Å²) in [6.45, 7) is 4.14. The minimum Gasteiger partial charge on any atom is -0.493 e. The topological polar surface area (TPSA) is 47.3 Å². The fourth-order valence-electron chi connectivity index (χ4n) is 2.65. The van der Waals surface area contributed by atoms with Crippen molar-refractivity contribution in [3.63, 3.8) is 0 Å². The van der Waals surface area contributed by atoms with Gasteiger partial charge in [-0.05, 0) is 50.5 Å². The molecule has 1 N–H and O–H groups in total. The molecule has 1 saturated heterocycles. The van der Waals surface area contributed by atoms with Gasteiger partial charge in [0, 0.05) is 6.04 Å². The first-order chi connectivity index (χ1) is 9.13. The highest BCUT2D eigenvalue weighted by Crippen LogP contribution is 2.35. The number of hydrogen-bond acceptors (Lipinski definition) is 4. The largest absolute Gasteiger partial charge is 0.493 e. The number of aliphatic hydroxyl groups is 1. The van der Waals surface area contributed by atoms with Crippen LogP contribution >= 0.6 is 11.8 Å². The van der Waals surface area contributed by atoms with E-state index < -0.39 is 6.10 Å². The van der Waals surface area contributed by atoms with Crippen LogP contribution in [0.4, 0.5) is 0 Å². The van der Waals surface area contributed by atoms with Crippen molar-refractivity contribution in [1.82, 2.24) is 9.78 Å². The fraction of sp³-hybridized carbons (Fsp3) is 0.786. The molecule has 1 fully saturated rings. The molecule has 1 aliphatic rings. The highest BCUT2D eigenvalue weighted by molar-refractivity contribution is 7.99. The lowest BCUT2D eigenvalue weighted by molar-refractivity contribution is 0.126. The van der Waals surface area contributed by atoms with Gasteiger partial charge < -0.3 is 9.84 Å². The molecule has 5 heteroatoms. The number of methoxy groups -OCH3 is 1. The van der Waals surface area contributed by atoms with E-state index in [2.05, 4.69) is 18.9 Å². The average molecular weight is 284 g/mol. The SMILES string of the molecule is COc1cnn(C(C)C)c1C(O)CC1CCSCC1. The molecule has 0 saturated carbocycles. The first-order valence-electron chi connectivity index (χ1n) is 7.00. The maximum atomic E-state index is 10.6. The lowest BCUT2D eigenvalue weighted by Crippen LogP contribution is -2.17. The molecule has 0 radical (unpaired) electrons. The van der Waals surface area contributed by atoms with Crippen molar-refractivity contribution >= 4 is 11.8 Å². The molecular formula is C14H24N2O2S. The lowest BCUT2D eigenvalue weighted by atomic mass is 9.94. The van der Waals surface area contributed by atoms with E-state index >= 15 is 0 Å². The van der Waals surface area contributed by atoms with Crippen LogP contribution in [0.5, 0.6) is 5.75 Å². The maximum Gasteiger partial charge on any atom is 0.162 e. The van der Waals surface area contributed by atoms with Gasteiger partial charge in [-0.1, -0.05) is 0 Å². The van der Waals surface area contributed by atoms with E-state index in [0.29, 0.717) is 11.7 Å². The number of rotatable bonds is 5. The first-order valence-corrected chi connectivity index (χ1v) is 8.16. The number of ether oxygens (including phenoxy) is 1. The van der Waals surface area contributed by atoms with E-state index in [-0.39, 0.29) is 6.04 Å². The molecular weight excluding hydrogens is 260 g/mol. The third-order valence-corrected chi connectivity index (χ3v) is 4.77. The minimum absolute atomic E-state index is 0.232. The molecule has 0 aromatic carbocycles. The second-order valence-corrected chi connectivity index (χ2v) is 6.67. The quantitative estimate of drug-likeness (QED) is 0.903. The average Bonchev–Trinajstić information content (AvgIpc) is 2.83. The van der Waals surface area contributed by atoms with Crippen molar-refractivity contribution in [2.45, 2.75) is 45.3 Å². The molecule has 19 heavy (non-hydrogen) atoms. The predicted molar refractivity (Wildman–Crippen MR) is 78.8 cm³/mol. The van der Waals surface area contributed by atoms with Crippen molar-refractivity contribution in [2.24, 2.45) is 5.92 Å². The fourth-order valence-corrected chi connectivity index (χ4v) is 3.86. The van der Waals surface area contributed by atoms with E-state index in [1.165, 1.54) is 24.3 Å². The van der Waals surface area contributed by atoms with Gasteiger partial charge >= 0.3 is 0 Å². The number of aromatic nitrogens is 2. The summed E-state index contributed by atoms with van der Waals surface area (Å²) in [4.78, 5) is 0. The Morgan fingerprint density at radius 3 is 2.74 bits per heavy atom. The summed E-state index contributed by atoms with van der Waals surface area (Å²) in [7, 11) is 1.63. The summed E-state index contributed by atoms with van der Waals surface area (Å²) in [6.07, 6.45) is 4.46. The van der Waals surface area contributed by atoms with Gasteiger partial charge in [-0.2, -0.15) is 16.9 Å². The molecule has 0 amide bonds. The molecule has 1 unspecified atom stereocenters. The van der Waals surface area contributed by atoms with Crippen LogP contribution in [0.2, 0.25) is 0 Å². The van der Waals surface area contributed by atoms with Crippen LogP contribution in [0.25, 0.3) is 0 Å². The van der Waals surface area contributed by atoms with Crippen LogP contribution in [0.3, 0.4) is 0 Å². The Balaban J connectivity index is 2.12. The highest BCUT2D eigenvalue weighted by atomic mass is 32.2. The number of nitrogens with zero attached hydrogens (tertiary/aromatic N) is 2. The highest BCUT2D eigenvalue weighted by Gasteiger charge is 2.25. The van der Waals surface area contributed by atoms with E-state index in [1.54, 1.807) is 13.3 Å².